The molecule has 34 heavy (non-hydrogen) atoms. The first-order valence-corrected chi connectivity index (χ1v) is 11.9. The SMILES string of the molecule is COc1nc2c(c(N3C4CNCC3COC4)n1)SN(C)C(c1cc(O)cc3ccccc13)=C2F. The van der Waals surface area contributed by atoms with Crippen molar-refractivity contribution in [2.24, 2.45) is 0 Å². The van der Waals surface area contributed by atoms with Gasteiger partial charge in [0.05, 0.1) is 38.1 Å². The van der Waals surface area contributed by atoms with E-state index in [1.807, 2.05) is 31.3 Å². The molecule has 2 unspecified atom stereocenters. The van der Waals surface area contributed by atoms with Crippen LogP contribution >= 0.6 is 11.9 Å². The van der Waals surface area contributed by atoms with Gasteiger partial charge in [-0.25, -0.2) is 4.39 Å². The van der Waals surface area contributed by atoms with E-state index in [1.54, 1.807) is 16.4 Å². The van der Waals surface area contributed by atoms with Gasteiger partial charge < -0.3 is 29.1 Å². The van der Waals surface area contributed by atoms with E-state index in [0.717, 1.165) is 23.9 Å². The number of phenols is 1. The molecule has 4 heterocycles. The number of methoxy groups -OCH3 is 1. The van der Waals surface area contributed by atoms with E-state index in [4.69, 9.17) is 9.47 Å². The number of benzene rings is 2. The maximum absolute atomic E-state index is 16.3. The first kappa shape index (κ1) is 21.5. The third-order valence-corrected chi connectivity index (χ3v) is 7.50. The van der Waals surface area contributed by atoms with Crippen molar-refractivity contribution in [2.45, 2.75) is 17.0 Å². The number of aromatic hydroxyl groups is 1. The summed E-state index contributed by atoms with van der Waals surface area (Å²) >= 11 is 1.38. The summed E-state index contributed by atoms with van der Waals surface area (Å²) in [6, 6.07) is 11.2. The van der Waals surface area contributed by atoms with Crippen LogP contribution in [0, 0.1) is 0 Å². The van der Waals surface area contributed by atoms with Crippen molar-refractivity contribution in [1.82, 2.24) is 19.6 Å². The molecule has 3 aliphatic heterocycles. The number of ether oxygens (including phenoxy) is 2. The van der Waals surface area contributed by atoms with Crippen LogP contribution in [-0.2, 0) is 4.74 Å². The van der Waals surface area contributed by atoms with Gasteiger partial charge in [-0.05, 0) is 34.9 Å². The van der Waals surface area contributed by atoms with Gasteiger partial charge in [0.15, 0.2) is 11.6 Å². The van der Waals surface area contributed by atoms with Gasteiger partial charge in [0.1, 0.15) is 16.3 Å². The standard InChI is InChI=1S/C24H24FN5O3S/c1-29-21(18-8-16(31)7-13-5-3-4-6-17(13)18)19(25)20-22(34-29)23(28-24(27-20)32-2)30-14-9-26-10-15(30)12-33-11-14/h3-8,14-15,26,31H,9-12H2,1-2H3. The second-order valence-electron chi connectivity index (χ2n) is 8.59. The molecule has 0 radical (unpaired) electrons. The van der Waals surface area contributed by atoms with Crippen molar-refractivity contribution < 1.29 is 19.0 Å². The molecule has 0 saturated carbocycles. The molecule has 0 aliphatic carbocycles. The van der Waals surface area contributed by atoms with Gasteiger partial charge >= 0.3 is 6.01 Å². The van der Waals surface area contributed by atoms with Crippen molar-refractivity contribution in [3.63, 3.8) is 0 Å². The summed E-state index contributed by atoms with van der Waals surface area (Å²) in [5.41, 5.74) is 1.14. The number of piperazine rings is 1. The Kier molecular flexibility index (Phi) is 5.23. The van der Waals surface area contributed by atoms with E-state index >= 15 is 4.39 Å². The van der Waals surface area contributed by atoms with Crippen molar-refractivity contribution in [1.29, 1.82) is 0 Å². The fraction of sp³-hybridized carbons (Fsp3) is 0.333. The minimum absolute atomic E-state index is 0.0767. The Balaban J connectivity index is 1.56. The molecule has 176 valence electrons. The third-order valence-electron chi connectivity index (χ3n) is 6.48. The summed E-state index contributed by atoms with van der Waals surface area (Å²) in [4.78, 5) is 12.0. The molecule has 2 bridgehead atoms. The minimum Gasteiger partial charge on any atom is -0.508 e. The quantitative estimate of drug-likeness (QED) is 0.548. The van der Waals surface area contributed by atoms with Crippen LogP contribution in [0.1, 0.15) is 11.3 Å². The number of rotatable bonds is 3. The van der Waals surface area contributed by atoms with Gasteiger partial charge in [0, 0.05) is 25.7 Å². The molecule has 10 heteroatoms. The average Bonchev–Trinajstić information content (AvgIpc) is 2.83. The molecule has 8 nitrogen and oxygen atoms in total. The van der Waals surface area contributed by atoms with E-state index in [-0.39, 0.29) is 29.5 Å². The largest absolute Gasteiger partial charge is 0.508 e. The molecule has 0 amide bonds. The fourth-order valence-corrected chi connectivity index (χ4v) is 6.00. The second kappa shape index (κ2) is 8.30. The van der Waals surface area contributed by atoms with Crippen molar-refractivity contribution in [2.75, 3.05) is 45.4 Å². The number of nitrogens with one attached hydrogen (secondary N) is 1. The van der Waals surface area contributed by atoms with Crippen molar-refractivity contribution in [3.8, 4) is 11.8 Å². The molecule has 6 rings (SSSR count). The highest BCUT2D eigenvalue weighted by molar-refractivity contribution is 7.97. The summed E-state index contributed by atoms with van der Waals surface area (Å²) in [6.45, 7) is 2.67. The minimum atomic E-state index is -0.481. The number of morpholine rings is 1. The molecule has 2 fully saturated rings. The molecule has 2 aromatic carbocycles. The molecule has 3 aliphatic rings. The molecule has 2 atom stereocenters. The third kappa shape index (κ3) is 3.36. The monoisotopic (exact) mass is 481 g/mol. The molecule has 2 N–H and O–H groups in total. The zero-order chi connectivity index (χ0) is 23.4. The molecule has 1 aromatic heterocycles. The lowest BCUT2D eigenvalue weighted by Crippen LogP contribution is -2.64. The van der Waals surface area contributed by atoms with Crippen molar-refractivity contribution in [3.05, 3.63) is 47.7 Å². The van der Waals surface area contributed by atoms with E-state index in [2.05, 4.69) is 20.2 Å². The number of phenolic OH excluding ortho intramolecular Hbond substituents is 1. The van der Waals surface area contributed by atoms with Crippen LogP contribution in [0.15, 0.2) is 41.3 Å². The lowest BCUT2D eigenvalue weighted by Gasteiger charge is -2.47. The normalized spacial score (nSPS) is 22.2. The number of hydrogen-bond donors (Lipinski definition) is 2. The van der Waals surface area contributed by atoms with Crippen LogP contribution in [0.25, 0.3) is 22.3 Å². The fourth-order valence-electron chi connectivity index (χ4n) is 5.01. The second-order valence-corrected chi connectivity index (χ2v) is 9.73. The van der Waals surface area contributed by atoms with E-state index < -0.39 is 5.83 Å². The van der Waals surface area contributed by atoms with Crippen LogP contribution in [0.3, 0.4) is 0 Å². The molecular weight excluding hydrogens is 457 g/mol. The summed E-state index contributed by atoms with van der Waals surface area (Å²) in [7, 11) is 3.30. The first-order chi connectivity index (χ1) is 16.5. The highest BCUT2D eigenvalue weighted by Gasteiger charge is 2.40. The number of aromatic nitrogens is 2. The Labute approximate surface area is 200 Å². The van der Waals surface area contributed by atoms with Crippen LogP contribution in [0.4, 0.5) is 10.2 Å². The number of hydrogen-bond acceptors (Lipinski definition) is 9. The summed E-state index contributed by atoms with van der Waals surface area (Å²) in [5, 5.41) is 15.5. The molecule has 3 aromatic rings. The van der Waals surface area contributed by atoms with Crippen LogP contribution in [0.5, 0.6) is 11.8 Å². The highest BCUT2D eigenvalue weighted by Crippen LogP contribution is 2.49. The van der Waals surface area contributed by atoms with E-state index in [1.165, 1.54) is 19.1 Å². The maximum Gasteiger partial charge on any atom is 0.318 e. The van der Waals surface area contributed by atoms with E-state index in [0.29, 0.717) is 35.2 Å². The van der Waals surface area contributed by atoms with Gasteiger partial charge in [0.2, 0.25) is 0 Å². The topological polar surface area (TPSA) is 83.0 Å². The lowest BCUT2D eigenvalue weighted by atomic mass is 10.00. The van der Waals surface area contributed by atoms with Gasteiger partial charge in [-0.15, -0.1) is 0 Å². The Morgan fingerprint density at radius 1 is 1.18 bits per heavy atom. The maximum atomic E-state index is 16.3. The predicted molar refractivity (Wildman–Crippen MR) is 129 cm³/mol. The predicted octanol–water partition coefficient (Wildman–Crippen LogP) is 3.27. The summed E-state index contributed by atoms with van der Waals surface area (Å²) in [5.74, 6) is 0.256. The summed E-state index contributed by atoms with van der Waals surface area (Å²) < 4.78 is 29.3. The Morgan fingerprint density at radius 2 is 1.94 bits per heavy atom. The van der Waals surface area contributed by atoms with Gasteiger partial charge in [-0.2, -0.15) is 9.97 Å². The van der Waals surface area contributed by atoms with Gasteiger partial charge in [-0.1, -0.05) is 24.3 Å². The van der Waals surface area contributed by atoms with Crippen molar-refractivity contribution >= 4 is 40.1 Å². The number of fused-ring (bicyclic) bond motifs is 4. The first-order valence-electron chi connectivity index (χ1n) is 11.1. The average molecular weight is 482 g/mol. The number of nitrogens with zero attached hydrogens (tertiary/aromatic N) is 4. The zero-order valence-corrected chi connectivity index (χ0v) is 19.6. The smallest absolute Gasteiger partial charge is 0.318 e. The van der Waals surface area contributed by atoms with E-state index in [9.17, 15) is 5.11 Å². The molecule has 2 saturated heterocycles. The lowest BCUT2D eigenvalue weighted by molar-refractivity contribution is 0.0518. The van der Waals surface area contributed by atoms with Crippen LogP contribution in [0.2, 0.25) is 0 Å². The Hall–Kier alpha value is -3.08. The van der Waals surface area contributed by atoms with Crippen LogP contribution < -0.4 is 15.0 Å². The van der Waals surface area contributed by atoms with Gasteiger partial charge in [0.25, 0.3) is 0 Å². The van der Waals surface area contributed by atoms with Gasteiger partial charge in [-0.3, -0.25) is 0 Å². The number of anilines is 1. The Bertz CT molecular complexity index is 1300. The zero-order valence-electron chi connectivity index (χ0n) is 18.8. The highest BCUT2D eigenvalue weighted by atomic mass is 32.2. The van der Waals surface area contributed by atoms with Crippen LogP contribution in [-0.4, -0.2) is 71.9 Å². The number of halogens is 1. The molecular formula is C24H24FN5O3S. The molecule has 0 spiro atoms. The Morgan fingerprint density at radius 3 is 2.71 bits per heavy atom. The summed E-state index contributed by atoms with van der Waals surface area (Å²) in [6.07, 6.45) is 0.